The Bertz CT molecular complexity index is 437. The minimum atomic E-state index is -0.154. The number of imide groups is 1. The highest BCUT2D eigenvalue weighted by molar-refractivity contribution is 5.98. The van der Waals surface area contributed by atoms with Crippen LogP contribution in [0.15, 0.2) is 36.4 Å². The average molecular weight is 229 g/mol. The van der Waals surface area contributed by atoms with Crippen LogP contribution in [0, 0.1) is 5.92 Å². The molecule has 0 saturated carbocycles. The first-order chi connectivity index (χ1) is 8.25. The summed E-state index contributed by atoms with van der Waals surface area (Å²) in [5.74, 6) is -0.357. The van der Waals surface area contributed by atoms with Gasteiger partial charge in [-0.25, -0.2) is 0 Å². The van der Waals surface area contributed by atoms with E-state index in [2.05, 4.69) is 5.32 Å². The lowest BCUT2D eigenvalue weighted by atomic mass is 9.94. The van der Waals surface area contributed by atoms with Crippen LogP contribution in [-0.4, -0.2) is 11.8 Å². The fraction of sp³-hybridized carbons (Fsp3) is 0.286. The second-order valence-electron chi connectivity index (χ2n) is 4.20. The van der Waals surface area contributed by atoms with E-state index in [1.807, 2.05) is 42.5 Å². The van der Waals surface area contributed by atoms with Crippen molar-refractivity contribution in [1.82, 2.24) is 5.32 Å². The third kappa shape index (κ3) is 3.28. The number of carbonyl (C=O) groups excluding carboxylic acids is 2. The zero-order valence-corrected chi connectivity index (χ0v) is 9.56. The van der Waals surface area contributed by atoms with E-state index >= 15 is 0 Å². The smallest absolute Gasteiger partial charge is 0.229 e. The first-order valence-electron chi connectivity index (χ1n) is 5.81. The largest absolute Gasteiger partial charge is 0.296 e. The minimum absolute atomic E-state index is 0.0623. The van der Waals surface area contributed by atoms with Gasteiger partial charge in [0, 0.05) is 12.3 Å². The van der Waals surface area contributed by atoms with Gasteiger partial charge in [-0.15, -0.1) is 0 Å². The quantitative estimate of drug-likeness (QED) is 0.807. The van der Waals surface area contributed by atoms with Crippen molar-refractivity contribution in [3.63, 3.8) is 0 Å². The number of hydrogen-bond acceptors (Lipinski definition) is 2. The van der Waals surface area contributed by atoms with Crippen molar-refractivity contribution in [2.24, 2.45) is 5.92 Å². The van der Waals surface area contributed by atoms with Crippen LogP contribution in [0.1, 0.15) is 24.8 Å². The lowest BCUT2D eigenvalue weighted by Gasteiger charge is -2.19. The maximum Gasteiger partial charge on any atom is 0.229 e. The molecule has 3 nitrogen and oxygen atoms in total. The fourth-order valence-electron chi connectivity index (χ4n) is 1.90. The van der Waals surface area contributed by atoms with Gasteiger partial charge in [-0.3, -0.25) is 14.9 Å². The predicted octanol–water partition coefficient (Wildman–Crippen LogP) is 2.14. The van der Waals surface area contributed by atoms with Crippen LogP contribution in [0.3, 0.4) is 0 Å². The van der Waals surface area contributed by atoms with E-state index in [-0.39, 0.29) is 17.7 Å². The number of benzene rings is 1. The Balaban J connectivity index is 1.88. The molecule has 0 radical (unpaired) electrons. The van der Waals surface area contributed by atoms with Gasteiger partial charge in [0.15, 0.2) is 0 Å². The molecule has 1 aromatic carbocycles. The van der Waals surface area contributed by atoms with Crippen molar-refractivity contribution in [3.05, 3.63) is 42.0 Å². The molecular weight excluding hydrogens is 214 g/mol. The number of rotatable bonds is 3. The van der Waals surface area contributed by atoms with E-state index < -0.39 is 0 Å². The van der Waals surface area contributed by atoms with Crippen molar-refractivity contribution >= 4 is 17.9 Å². The van der Waals surface area contributed by atoms with Crippen LogP contribution >= 0.6 is 0 Å². The molecule has 1 aliphatic rings. The number of allylic oxidation sites excluding steroid dienone is 1. The van der Waals surface area contributed by atoms with Crippen LogP contribution < -0.4 is 5.32 Å². The highest BCUT2D eigenvalue weighted by Gasteiger charge is 2.24. The highest BCUT2D eigenvalue weighted by atomic mass is 16.2. The molecule has 1 aliphatic heterocycles. The van der Waals surface area contributed by atoms with Gasteiger partial charge >= 0.3 is 0 Å². The van der Waals surface area contributed by atoms with Gasteiger partial charge in [0.1, 0.15) is 0 Å². The molecule has 2 amide bonds. The van der Waals surface area contributed by atoms with E-state index in [1.165, 1.54) is 0 Å². The van der Waals surface area contributed by atoms with Crippen molar-refractivity contribution in [2.45, 2.75) is 19.3 Å². The lowest BCUT2D eigenvalue weighted by Crippen LogP contribution is -2.40. The monoisotopic (exact) mass is 229 g/mol. The van der Waals surface area contributed by atoms with Crippen molar-refractivity contribution < 1.29 is 9.59 Å². The van der Waals surface area contributed by atoms with Gasteiger partial charge in [-0.1, -0.05) is 42.5 Å². The Hall–Kier alpha value is -1.90. The summed E-state index contributed by atoms with van der Waals surface area (Å²) in [4.78, 5) is 22.4. The first-order valence-corrected chi connectivity index (χ1v) is 5.81. The van der Waals surface area contributed by atoms with Gasteiger partial charge in [-0.05, 0) is 18.4 Å². The van der Waals surface area contributed by atoms with Gasteiger partial charge in [0.05, 0.1) is 0 Å². The van der Waals surface area contributed by atoms with Crippen LogP contribution in [0.4, 0.5) is 0 Å². The Morgan fingerprint density at radius 2 is 2.00 bits per heavy atom. The summed E-state index contributed by atoms with van der Waals surface area (Å²) in [6, 6.07) is 9.96. The van der Waals surface area contributed by atoms with Crippen LogP contribution in [-0.2, 0) is 9.59 Å². The second-order valence-corrected chi connectivity index (χ2v) is 4.20. The molecule has 1 N–H and O–H groups in total. The maximum absolute atomic E-state index is 11.5. The molecule has 1 atom stereocenters. The molecule has 1 unspecified atom stereocenters. The molecule has 1 saturated heterocycles. The average Bonchev–Trinajstić information content (AvgIpc) is 2.33. The molecular formula is C14H15NO2. The number of piperidine rings is 1. The Morgan fingerprint density at radius 3 is 2.71 bits per heavy atom. The summed E-state index contributed by atoms with van der Waals surface area (Å²) >= 11 is 0. The zero-order chi connectivity index (χ0) is 12.1. The zero-order valence-electron chi connectivity index (χ0n) is 9.56. The van der Waals surface area contributed by atoms with Gasteiger partial charge in [-0.2, -0.15) is 0 Å². The summed E-state index contributed by atoms with van der Waals surface area (Å²) in [6.07, 6.45) is 5.80. The maximum atomic E-state index is 11.5. The molecule has 17 heavy (non-hydrogen) atoms. The summed E-state index contributed by atoms with van der Waals surface area (Å²) in [6.45, 7) is 0. The molecule has 0 aliphatic carbocycles. The van der Waals surface area contributed by atoms with Crippen molar-refractivity contribution in [2.75, 3.05) is 0 Å². The molecule has 1 heterocycles. The summed E-state index contributed by atoms with van der Waals surface area (Å²) < 4.78 is 0. The van der Waals surface area contributed by atoms with E-state index in [0.29, 0.717) is 19.3 Å². The third-order valence-electron chi connectivity index (χ3n) is 2.88. The fourth-order valence-corrected chi connectivity index (χ4v) is 1.90. The van der Waals surface area contributed by atoms with E-state index in [9.17, 15) is 9.59 Å². The minimum Gasteiger partial charge on any atom is -0.296 e. The molecule has 0 spiro atoms. The van der Waals surface area contributed by atoms with Gasteiger partial charge in [0.2, 0.25) is 11.8 Å². The molecule has 2 rings (SSSR count). The number of hydrogen-bond donors (Lipinski definition) is 1. The molecule has 1 fully saturated rings. The summed E-state index contributed by atoms with van der Waals surface area (Å²) in [5, 5.41) is 2.37. The first kappa shape index (κ1) is 11.6. The van der Waals surface area contributed by atoms with E-state index in [1.54, 1.807) is 0 Å². The van der Waals surface area contributed by atoms with Gasteiger partial charge < -0.3 is 0 Å². The molecule has 1 aromatic rings. The third-order valence-corrected chi connectivity index (χ3v) is 2.88. The van der Waals surface area contributed by atoms with Gasteiger partial charge in [0.25, 0.3) is 0 Å². The Kier molecular flexibility index (Phi) is 3.70. The van der Waals surface area contributed by atoms with E-state index in [4.69, 9.17) is 0 Å². The number of amides is 2. The molecule has 0 aromatic heterocycles. The summed E-state index contributed by atoms with van der Waals surface area (Å²) in [5.41, 5.74) is 1.12. The second kappa shape index (κ2) is 5.43. The normalized spacial score (nSPS) is 20.6. The Morgan fingerprint density at radius 1 is 1.24 bits per heavy atom. The van der Waals surface area contributed by atoms with E-state index in [0.717, 1.165) is 5.56 Å². The van der Waals surface area contributed by atoms with Crippen LogP contribution in [0.2, 0.25) is 0 Å². The molecule has 0 bridgehead atoms. The lowest BCUT2D eigenvalue weighted by molar-refractivity contribution is -0.136. The van der Waals surface area contributed by atoms with Crippen LogP contribution in [0.5, 0.6) is 0 Å². The summed E-state index contributed by atoms with van der Waals surface area (Å²) in [7, 11) is 0. The topological polar surface area (TPSA) is 46.2 Å². The number of nitrogens with one attached hydrogen (secondary N) is 1. The number of carbonyl (C=O) groups is 2. The molecule has 3 heteroatoms. The molecule has 88 valence electrons. The SMILES string of the molecule is O=C1CCC(CC=Cc2ccccc2)C(=O)N1. The van der Waals surface area contributed by atoms with Crippen molar-refractivity contribution in [3.8, 4) is 0 Å². The highest BCUT2D eigenvalue weighted by Crippen LogP contribution is 2.17. The Labute approximate surface area is 101 Å². The standard InChI is InChI=1S/C14H15NO2/c16-13-10-9-12(14(17)15-13)8-4-7-11-5-2-1-3-6-11/h1-7,12H,8-10H2,(H,15,16,17). The van der Waals surface area contributed by atoms with Crippen LogP contribution in [0.25, 0.3) is 6.08 Å². The van der Waals surface area contributed by atoms with Crippen molar-refractivity contribution in [1.29, 1.82) is 0 Å². The predicted molar refractivity (Wildman–Crippen MR) is 66.0 cm³/mol.